The van der Waals surface area contributed by atoms with Crippen LogP contribution < -0.4 is 15.6 Å². The molecule has 1 aliphatic rings. The van der Waals surface area contributed by atoms with Gasteiger partial charge in [0.2, 0.25) is 0 Å². The van der Waals surface area contributed by atoms with Gasteiger partial charge in [-0.2, -0.15) is 0 Å². The van der Waals surface area contributed by atoms with E-state index >= 15 is 0 Å². The summed E-state index contributed by atoms with van der Waals surface area (Å²) in [7, 11) is 0. The zero-order chi connectivity index (χ0) is 22.2. The monoisotopic (exact) mass is 429 g/mol. The van der Waals surface area contributed by atoms with Gasteiger partial charge in [-0.1, -0.05) is 18.2 Å². The third kappa shape index (κ3) is 3.62. The van der Waals surface area contributed by atoms with E-state index in [1.54, 1.807) is 25.1 Å². The Hall–Kier alpha value is -4.00. The fourth-order valence-corrected chi connectivity index (χ4v) is 4.01. The fraction of sp³-hybridized carbons (Fsp3) is 0.160. The Labute approximate surface area is 183 Å². The van der Waals surface area contributed by atoms with Crippen LogP contribution in [0.4, 0.5) is 10.1 Å². The molecule has 1 atom stereocenters. The van der Waals surface area contributed by atoms with Crippen LogP contribution in [0, 0.1) is 12.7 Å². The molecule has 1 N–H and O–H groups in total. The normalized spacial score (nSPS) is 15.7. The van der Waals surface area contributed by atoms with Crippen LogP contribution in [0.2, 0.25) is 0 Å². The van der Waals surface area contributed by atoms with E-state index in [9.17, 15) is 14.0 Å². The molecule has 0 saturated carbocycles. The number of aromatic nitrogens is 2. The van der Waals surface area contributed by atoms with Crippen LogP contribution in [0.1, 0.15) is 17.8 Å². The number of amides is 1. The van der Waals surface area contributed by atoms with Gasteiger partial charge in [0.15, 0.2) is 6.10 Å². The highest BCUT2D eigenvalue weighted by molar-refractivity contribution is 5.96. The Kier molecular flexibility index (Phi) is 4.93. The predicted octanol–water partition coefficient (Wildman–Crippen LogP) is 4.17. The Balaban J connectivity index is 1.49. The molecule has 7 heteroatoms. The minimum atomic E-state index is -0.683. The summed E-state index contributed by atoms with van der Waals surface area (Å²) in [6.07, 6.45) is 0.538. The van der Waals surface area contributed by atoms with Crippen molar-refractivity contribution in [3.63, 3.8) is 0 Å². The molecule has 0 radical (unpaired) electrons. The zero-order valence-corrected chi connectivity index (χ0v) is 17.3. The second kappa shape index (κ2) is 7.92. The molecule has 160 valence electrons. The summed E-state index contributed by atoms with van der Waals surface area (Å²) < 4.78 is 20.8. The number of rotatable bonds is 3. The summed E-state index contributed by atoms with van der Waals surface area (Å²) in [5, 5.41) is 3.27. The topological polar surface area (TPSA) is 73.2 Å². The lowest BCUT2D eigenvalue weighted by Gasteiger charge is -2.17. The van der Waals surface area contributed by atoms with Gasteiger partial charge >= 0.3 is 0 Å². The molecule has 0 saturated heterocycles. The van der Waals surface area contributed by atoms with Gasteiger partial charge in [-0.05, 0) is 73.9 Å². The standard InChI is InChI=1S/C25H20FN3O3/c1-15-27-22-12-11-19(14-20(22)25(31)29(15)18-9-7-17(26)8-10-18)32-23-13-6-16-4-2-3-5-21(16)28-24(23)30/h2-5,7-12,14,23H,6,13H2,1H3,(H,28,30). The van der Waals surface area contributed by atoms with E-state index in [0.717, 1.165) is 11.3 Å². The van der Waals surface area contributed by atoms with Crippen molar-refractivity contribution in [1.82, 2.24) is 9.55 Å². The van der Waals surface area contributed by atoms with E-state index in [0.29, 0.717) is 41.0 Å². The van der Waals surface area contributed by atoms with Crippen LogP contribution in [0.25, 0.3) is 16.6 Å². The van der Waals surface area contributed by atoms with Gasteiger partial charge in [0.25, 0.3) is 11.5 Å². The molecule has 6 nitrogen and oxygen atoms in total. The van der Waals surface area contributed by atoms with Crippen LogP contribution in [0.15, 0.2) is 71.5 Å². The number of hydrogen-bond acceptors (Lipinski definition) is 4. The second-order valence-electron chi connectivity index (χ2n) is 7.75. The lowest BCUT2D eigenvalue weighted by Crippen LogP contribution is -2.31. The van der Waals surface area contributed by atoms with Crippen LogP contribution >= 0.6 is 0 Å². The van der Waals surface area contributed by atoms with E-state index in [4.69, 9.17) is 4.74 Å². The maximum Gasteiger partial charge on any atom is 0.266 e. The summed E-state index contributed by atoms with van der Waals surface area (Å²) >= 11 is 0. The van der Waals surface area contributed by atoms with Gasteiger partial charge in [0, 0.05) is 5.69 Å². The van der Waals surface area contributed by atoms with E-state index in [-0.39, 0.29) is 17.3 Å². The molecule has 1 unspecified atom stereocenters. The van der Waals surface area contributed by atoms with Crippen molar-refractivity contribution in [3.05, 3.63) is 94.3 Å². The molecule has 32 heavy (non-hydrogen) atoms. The highest BCUT2D eigenvalue weighted by Gasteiger charge is 2.25. The first-order valence-electron chi connectivity index (χ1n) is 10.3. The van der Waals surface area contributed by atoms with Crippen molar-refractivity contribution < 1.29 is 13.9 Å². The summed E-state index contributed by atoms with van der Waals surface area (Å²) in [4.78, 5) is 30.4. The number of carbonyl (C=O) groups is 1. The number of nitrogens with one attached hydrogen (secondary N) is 1. The third-order valence-electron chi connectivity index (χ3n) is 5.61. The van der Waals surface area contributed by atoms with E-state index in [1.165, 1.54) is 28.8 Å². The lowest BCUT2D eigenvalue weighted by atomic mass is 10.1. The largest absolute Gasteiger partial charge is 0.481 e. The van der Waals surface area contributed by atoms with Crippen molar-refractivity contribution in [3.8, 4) is 11.4 Å². The summed E-state index contributed by atoms with van der Waals surface area (Å²) in [5.41, 5.74) is 2.62. The van der Waals surface area contributed by atoms with E-state index < -0.39 is 6.10 Å². The first-order chi connectivity index (χ1) is 15.5. The number of benzene rings is 3. The molecule has 0 spiro atoms. The number of fused-ring (bicyclic) bond motifs is 2. The number of ether oxygens (including phenoxy) is 1. The molecule has 4 aromatic rings. The van der Waals surface area contributed by atoms with E-state index in [2.05, 4.69) is 10.3 Å². The molecule has 0 bridgehead atoms. The van der Waals surface area contributed by atoms with Gasteiger partial charge in [-0.3, -0.25) is 14.2 Å². The lowest BCUT2D eigenvalue weighted by molar-refractivity contribution is -0.122. The number of anilines is 1. The molecule has 1 aliphatic heterocycles. The second-order valence-corrected chi connectivity index (χ2v) is 7.75. The zero-order valence-electron chi connectivity index (χ0n) is 17.3. The van der Waals surface area contributed by atoms with Crippen LogP contribution in [-0.4, -0.2) is 21.6 Å². The number of aryl methyl sites for hydroxylation is 2. The van der Waals surface area contributed by atoms with Crippen LogP contribution in [0.5, 0.6) is 5.75 Å². The number of halogens is 1. The predicted molar refractivity (Wildman–Crippen MR) is 120 cm³/mol. The Morgan fingerprint density at radius 3 is 2.66 bits per heavy atom. The Bertz CT molecular complexity index is 1400. The van der Waals surface area contributed by atoms with Crippen LogP contribution in [-0.2, 0) is 11.2 Å². The van der Waals surface area contributed by atoms with Gasteiger partial charge in [-0.15, -0.1) is 0 Å². The van der Waals surface area contributed by atoms with Crippen molar-refractivity contribution in [1.29, 1.82) is 0 Å². The summed E-state index contributed by atoms with van der Waals surface area (Å²) in [5.74, 6) is 0.300. The molecule has 1 aromatic heterocycles. The fourth-order valence-electron chi connectivity index (χ4n) is 4.01. The van der Waals surface area contributed by atoms with Gasteiger partial charge in [0.05, 0.1) is 16.6 Å². The first kappa shape index (κ1) is 19.9. The molecule has 2 heterocycles. The quantitative estimate of drug-likeness (QED) is 0.531. The van der Waals surface area contributed by atoms with Gasteiger partial charge in [-0.25, -0.2) is 9.37 Å². The van der Waals surface area contributed by atoms with Gasteiger partial charge in [0.1, 0.15) is 17.4 Å². The molecule has 1 amide bonds. The summed E-state index contributed by atoms with van der Waals surface area (Å²) in [6, 6.07) is 18.4. The van der Waals surface area contributed by atoms with Crippen LogP contribution in [0.3, 0.4) is 0 Å². The van der Waals surface area contributed by atoms with Crippen molar-refractivity contribution in [2.45, 2.75) is 25.9 Å². The Morgan fingerprint density at radius 2 is 1.84 bits per heavy atom. The Morgan fingerprint density at radius 1 is 1.06 bits per heavy atom. The minimum absolute atomic E-state index is 0.221. The maximum absolute atomic E-state index is 13.3. The minimum Gasteiger partial charge on any atom is -0.481 e. The SMILES string of the molecule is Cc1nc2ccc(OC3CCc4ccccc4NC3=O)cc2c(=O)n1-c1ccc(F)cc1. The average Bonchev–Trinajstić information content (AvgIpc) is 2.94. The maximum atomic E-state index is 13.3. The molecule has 5 rings (SSSR count). The number of nitrogens with zero attached hydrogens (tertiary/aromatic N) is 2. The highest BCUT2D eigenvalue weighted by atomic mass is 19.1. The van der Waals surface area contributed by atoms with Gasteiger partial charge < -0.3 is 10.1 Å². The average molecular weight is 429 g/mol. The van der Waals surface area contributed by atoms with E-state index in [1.807, 2.05) is 24.3 Å². The third-order valence-corrected chi connectivity index (χ3v) is 5.61. The molecule has 0 aliphatic carbocycles. The smallest absolute Gasteiger partial charge is 0.266 e. The highest BCUT2D eigenvalue weighted by Crippen LogP contribution is 2.25. The van der Waals surface area contributed by atoms with Crippen molar-refractivity contribution in [2.75, 3.05) is 5.32 Å². The molecular weight excluding hydrogens is 409 g/mol. The molecule has 0 fully saturated rings. The number of carbonyl (C=O) groups excluding carboxylic acids is 1. The number of hydrogen-bond donors (Lipinski definition) is 1. The van der Waals surface area contributed by atoms with Crippen molar-refractivity contribution >= 4 is 22.5 Å². The molecular formula is C25H20FN3O3. The van der Waals surface area contributed by atoms with Crippen molar-refractivity contribution in [2.24, 2.45) is 0 Å². The first-order valence-corrected chi connectivity index (χ1v) is 10.3. The molecule has 3 aromatic carbocycles. The summed E-state index contributed by atoms with van der Waals surface area (Å²) in [6.45, 7) is 1.72. The number of para-hydroxylation sites is 1.